The number of benzene rings is 1. The fourth-order valence-corrected chi connectivity index (χ4v) is 5.37. The predicted molar refractivity (Wildman–Crippen MR) is 124 cm³/mol. The number of rotatable bonds is 6. The molecule has 0 radical (unpaired) electrons. The summed E-state index contributed by atoms with van der Waals surface area (Å²) in [5, 5.41) is 29.5. The summed E-state index contributed by atoms with van der Waals surface area (Å²) < 4.78 is 49.3. The summed E-state index contributed by atoms with van der Waals surface area (Å²) in [5.74, 6) is -11.6. The van der Waals surface area contributed by atoms with Gasteiger partial charge in [0.25, 0.3) is 11.8 Å². The summed E-state index contributed by atoms with van der Waals surface area (Å²) in [6.45, 7) is -1.38. The van der Waals surface area contributed by atoms with E-state index in [0.29, 0.717) is 19.3 Å². The summed E-state index contributed by atoms with van der Waals surface area (Å²) in [6, 6.07) is 0.351. The van der Waals surface area contributed by atoms with Gasteiger partial charge in [0.1, 0.15) is 28.7 Å². The second-order valence-corrected chi connectivity index (χ2v) is 9.53. The molecule has 1 saturated carbocycles. The van der Waals surface area contributed by atoms with Crippen LogP contribution in [0.1, 0.15) is 45.7 Å². The van der Waals surface area contributed by atoms with E-state index < -0.39 is 87.7 Å². The third-order valence-corrected chi connectivity index (χ3v) is 7.12. The highest BCUT2D eigenvalue weighted by Gasteiger charge is 2.48. The Bertz CT molecular complexity index is 1550. The van der Waals surface area contributed by atoms with Crippen molar-refractivity contribution in [3.63, 3.8) is 0 Å². The lowest BCUT2D eigenvalue weighted by atomic mass is 10.1. The first kappa shape index (κ1) is 26.9. The molecular formula is C25H20F3N3O9. The number of ether oxygens (including phenoxy) is 1. The standard InChI is InChI=1S/C25H20F3N3O9/c26-10-3-15(27)13(16(28)4-10)8-30(17(25(38)39)6-19(32)33)23(36)14-7-29-9-18-31(11-1-2-12(5-11)40-18)24(37)20(29)22(35)21(14)34/h3-4,6-7,11-12,18,35H,1-2,5,8-9H2,(H,32,33)(H,38,39)/b17-6-/t11-,12+,18+/m0/s1. The number of aliphatic carboxylic acids is 2. The van der Waals surface area contributed by atoms with E-state index in [-0.39, 0.29) is 41.8 Å². The van der Waals surface area contributed by atoms with E-state index in [4.69, 9.17) is 9.84 Å². The Morgan fingerprint density at radius 2 is 1.77 bits per heavy atom. The van der Waals surface area contributed by atoms with Gasteiger partial charge in [-0.1, -0.05) is 0 Å². The fraction of sp³-hybridized carbons (Fsp3) is 0.320. The topological polar surface area (TPSA) is 167 Å². The normalized spacial score (nSPS) is 21.6. The van der Waals surface area contributed by atoms with E-state index in [1.807, 2.05) is 0 Å². The van der Waals surface area contributed by atoms with E-state index >= 15 is 0 Å². The van der Waals surface area contributed by atoms with Crippen molar-refractivity contribution >= 4 is 23.8 Å². The minimum absolute atomic E-state index is 0.0580. The van der Waals surface area contributed by atoms with Gasteiger partial charge in [0.05, 0.1) is 25.3 Å². The number of nitrogens with zero attached hydrogens (tertiary/aromatic N) is 3. The molecule has 3 aliphatic rings. The van der Waals surface area contributed by atoms with Gasteiger partial charge in [-0.15, -0.1) is 0 Å². The average Bonchev–Trinajstić information content (AvgIpc) is 3.24. The Morgan fingerprint density at radius 1 is 1.10 bits per heavy atom. The molecule has 2 fully saturated rings. The second kappa shape index (κ2) is 9.82. The van der Waals surface area contributed by atoms with Gasteiger partial charge < -0.3 is 29.5 Å². The van der Waals surface area contributed by atoms with Crippen LogP contribution in [0.3, 0.4) is 0 Å². The maximum atomic E-state index is 14.4. The van der Waals surface area contributed by atoms with Crippen LogP contribution < -0.4 is 5.43 Å². The average molecular weight is 563 g/mol. The van der Waals surface area contributed by atoms with Gasteiger partial charge >= 0.3 is 11.9 Å². The minimum Gasteiger partial charge on any atom is -0.503 e. The SMILES string of the molecule is O=C(O)/C=C(/C(=O)O)N(Cc1c(F)cc(F)cc1F)C(=O)c1cn2c(c(O)c1=O)C(=O)N1[C@H]3CC[C@H](C3)O[C@@H]1C2. The quantitative estimate of drug-likeness (QED) is 0.440. The van der Waals surface area contributed by atoms with E-state index in [1.54, 1.807) is 0 Å². The summed E-state index contributed by atoms with van der Waals surface area (Å²) in [6.07, 6.45) is 1.98. The van der Waals surface area contributed by atoms with E-state index in [0.717, 1.165) is 10.8 Å². The maximum Gasteiger partial charge on any atom is 0.352 e. The Labute approximate surface area is 222 Å². The number of carboxylic acid groups (broad SMARTS) is 2. The van der Waals surface area contributed by atoms with Gasteiger partial charge in [-0.2, -0.15) is 0 Å². The molecule has 3 atom stereocenters. The number of pyridine rings is 1. The van der Waals surface area contributed by atoms with Crippen molar-refractivity contribution in [2.75, 3.05) is 0 Å². The van der Waals surface area contributed by atoms with Crippen LogP contribution >= 0.6 is 0 Å². The van der Waals surface area contributed by atoms with Crippen LogP contribution in [0.2, 0.25) is 0 Å². The number of aromatic hydroxyl groups is 1. The fourth-order valence-electron chi connectivity index (χ4n) is 5.37. The first-order chi connectivity index (χ1) is 18.9. The molecule has 12 nitrogen and oxygen atoms in total. The largest absolute Gasteiger partial charge is 0.503 e. The van der Waals surface area contributed by atoms with Gasteiger partial charge in [-0.05, 0) is 19.3 Å². The molecule has 2 aliphatic heterocycles. The molecule has 15 heteroatoms. The van der Waals surface area contributed by atoms with Crippen LogP contribution in [-0.2, 0) is 27.4 Å². The van der Waals surface area contributed by atoms with Gasteiger partial charge in [0.2, 0.25) is 5.43 Å². The molecule has 3 N–H and O–H groups in total. The van der Waals surface area contributed by atoms with Crippen LogP contribution in [0.4, 0.5) is 13.2 Å². The Kier molecular flexibility index (Phi) is 6.61. The zero-order chi connectivity index (χ0) is 29.0. The Hall–Kier alpha value is -4.66. The van der Waals surface area contributed by atoms with Crippen molar-refractivity contribution in [2.45, 2.75) is 50.7 Å². The molecule has 3 heterocycles. The van der Waals surface area contributed by atoms with Crippen molar-refractivity contribution in [3.8, 4) is 5.75 Å². The monoisotopic (exact) mass is 563 g/mol. The summed E-state index contributed by atoms with van der Waals surface area (Å²) in [5.41, 5.74) is -5.08. The number of amides is 2. The van der Waals surface area contributed by atoms with Crippen LogP contribution in [0, 0.1) is 17.5 Å². The molecule has 2 bridgehead atoms. The molecular weight excluding hydrogens is 543 g/mol. The number of carbonyl (C=O) groups excluding carboxylic acids is 2. The van der Waals surface area contributed by atoms with Gasteiger partial charge in [0.15, 0.2) is 17.7 Å². The molecule has 1 saturated heterocycles. The molecule has 2 aromatic rings. The molecule has 210 valence electrons. The third kappa shape index (κ3) is 4.47. The Balaban J connectivity index is 1.62. The predicted octanol–water partition coefficient (Wildman–Crippen LogP) is 1.40. The zero-order valence-electron chi connectivity index (χ0n) is 20.3. The summed E-state index contributed by atoms with van der Waals surface area (Å²) in [4.78, 5) is 64.6. The molecule has 2 amide bonds. The number of aromatic nitrogens is 1. The van der Waals surface area contributed by atoms with E-state index in [1.165, 1.54) is 4.90 Å². The number of carbonyl (C=O) groups is 4. The summed E-state index contributed by atoms with van der Waals surface area (Å²) in [7, 11) is 0. The van der Waals surface area contributed by atoms with Crippen molar-refractivity contribution in [1.29, 1.82) is 0 Å². The second-order valence-electron chi connectivity index (χ2n) is 9.53. The summed E-state index contributed by atoms with van der Waals surface area (Å²) >= 11 is 0. The molecule has 0 spiro atoms. The van der Waals surface area contributed by atoms with Gasteiger partial charge in [-0.25, -0.2) is 22.8 Å². The third-order valence-electron chi connectivity index (χ3n) is 7.12. The van der Waals surface area contributed by atoms with Crippen LogP contribution in [0.15, 0.2) is 34.9 Å². The van der Waals surface area contributed by atoms with Crippen LogP contribution in [-0.4, -0.2) is 71.8 Å². The van der Waals surface area contributed by atoms with Crippen molar-refractivity contribution in [1.82, 2.24) is 14.4 Å². The number of hydrogen-bond donors (Lipinski definition) is 3. The van der Waals surface area contributed by atoms with Crippen molar-refractivity contribution in [3.05, 3.63) is 74.6 Å². The first-order valence-electron chi connectivity index (χ1n) is 11.9. The van der Waals surface area contributed by atoms with Crippen LogP contribution in [0.25, 0.3) is 0 Å². The molecule has 1 aliphatic carbocycles. The molecule has 5 rings (SSSR count). The molecule has 40 heavy (non-hydrogen) atoms. The number of carboxylic acids is 2. The molecule has 0 unspecified atom stereocenters. The lowest BCUT2D eigenvalue weighted by molar-refractivity contribution is -0.136. The lowest BCUT2D eigenvalue weighted by Crippen LogP contribution is -2.57. The zero-order valence-corrected chi connectivity index (χ0v) is 20.3. The van der Waals surface area contributed by atoms with Crippen molar-refractivity contribution in [2.24, 2.45) is 0 Å². The molecule has 1 aromatic heterocycles. The van der Waals surface area contributed by atoms with Gasteiger partial charge in [-0.3, -0.25) is 19.3 Å². The van der Waals surface area contributed by atoms with Crippen LogP contribution in [0.5, 0.6) is 5.75 Å². The molecule has 1 aromatic carbocycles. The number of hydrogen-bond acceptors (Lipinski definition) is 7. The lowest BCUT2D eigenvalue weighted by Gasteiger charge is -2.44. The smallest absolute Gasteiger partial charge is 0.352 e. The van der Waals surface area contributed by atoms with Crippen molar-refractivity contribution < 1.29 is 52.4 Å². The highest BCUT2D eigenvalue weighted by molar-refractivity contribution is 6.04. The van der Waals surface area contributed by atoms with E-state index in [9.17, 15) is 47.4 Å². The highest BCUT2D eigenvalue weighted by atomic mass is 19.1. The Morgan fingerprint density at radius 3 is 2.40 bits per heavy atom. The highest BCUT2D eigenvalue weighted by Crippen LogP contribution is 2.39. The maximum absolute atomic E-state index is 14.4. The number of fused-ring (bicyclic) bond motifs is 5. The van der Waals surface area contributed by atoms with Gasteiger partial charge in [0, 0.05) is 29.9 Å². The minimum atomic E-state index is -2.02. The number of halogens is 3. The first-order valence-corrected chi connectivity index (χ1v) is 11.9. The van der Waals surface area contributed by atoms with E-state index in [2.05, 4.69) is 0 Å².